The third-order valence-corrected chi connectivity index (χ3v) is 4.49. The Labute approximate surface area is 173 Å². The van der Waals surface area contributed by atoms with Crippen LogP contribution in [0.4, 0.5) is 5.69 Å². The van der Waals surface area contributed by atoms with Crippen LogP contribution < -0.4 is 10.3 Å². The van der Waals surface area contributed by atoms with E-state index in [1.54, 1.807) is 18.2 Å². The van der Waals surface area contributed by atoms with Crippen molar-refractivity contribution in [1.82, 2.24) is 9.66 Å². The van der Waals surface area contributed by atoms with Crippen molar-refractivity contribution in [3.63, 3.8) is 0 Å². The van der Waals surface area contributed by atoms with Gasteiger partial charge in [0.25, 0.3) is 11.2 Å². The molecule has 0 atom stereocenters. The van der Waals surface area contributed by atoms with Crippen molar-refractivity contribution in [3.05, 3.63) is 72.7 Å². The standard InChI is InChI=1S/C19H14BrN5O4/c1-2-18-23-16-5-3-13(20)10-15(16)19(26)24(18)22-11-12-9-14(25(27)28)4-6-17(12)29-8-7-21/h3-6,9-11H,2,8H2,1H3. The number of nitro groups is 1. The van der Waals surface area contributed by atoms with Gasteiger partial charge in [-0.05, 0) is 24.3 Å². The highest BCUT2D eigenvalue weighted by atomic mass is 79.9. The van der Waals surface area contributed by atoms with Crippen LogP contribution in [0.5, 0.6) is 5.75 Å². The quantitative estimate of drug-likeness (QED) is 0.318. The zero-order valence-corrected chi connectivity index (χ0v) is 16.8. The maximum Gasteiger partial charge on any atom is 0.282 e. The van der Waals surface area contributed by atoms with Crippen LogP contribution in [0.15, 0.2) is 50.8 Å². The lowest BCUT2D eigenvalue weighted by atomic mass is 10.2. The lowest BCUT2D eigenvalue weighted by molar-refractivity contribution is -0.384. The van der Waals surface area contributed by atoms with Crippen molar-refractivity contribution in [2.45, 2.75) is 13.3 Å². The molecule has 2 aromatic carbocycles. The fraction of sp³-hybridized carbons (Fsp3) is 0.158. The number of nitro benzene ring substituents is 1. The highest BCUT2D eigenvalue weighted by Gasteiger charge is 2.13. The Balaban J connectivity index is 2.14. The second-order valence-electron chi connectivity index (χ2n) is 5.83. The summed E-state index contributed by atoms with van der Waals surface area (Å²) in [6.07, 6.45) is 1.73. The van der Waals surface area contributed by atoms with Gasteiger partial charge >= 0.3 is 0 Å². The van der Waals surface area contributed by atoms with E-state index in [0.717, 1.165) is 9.15 Å². The van der Waals surface area contributed by atoms with Gasteiger partial charge in [-0.25, -0.2) is 4.98 Å². The number of hydrogen-bond donors (Lipinski definition) is 0. The van der Waals surface area contributed by atoms with Gasteiger partial charge in [0, 0.05) is 28.6 Å². The summed E-state index contributed by atoms with van der Waals surface area (Å²) in [5.41, 5.74) is 0.279. The number of nitrogens with zero attached hydrogens (tertiary/aromatic N) is 5. The third kappa shape index (κ3) is 4.30. The number of aromatic nitrogens is 2. The summed E-state index contributed by atoms with van der Waals surface area (Å²) in [6, 6.07) is 10.9. The number of hydrogen-bond acceptors (Lipinski definition) is 7. The van der Waals surface area contributed by atoms with E-state index < -0.39 is 4.92 Å². The highest BCUT2D eigenvalue weighted by molar-refractivity contribution is 9.10. The molecule has 0 radical (unpaired) electrons. The maximum atomic E-state index is 12.9. The first-order valence-electron chi connectivity index (χ1n) is 8.48. The summed E-state index contributed by atoms with van der Waals surface area (Å²) in [7, 11) is 0. The van der Waals surface area contributed by atoms with Crippen molar-refractivity contribution in [2.24, 2.45) is 5.10 Å². The predicted octanol–water partition coefficient (Wildman–Crippen LogP) is 3.41. The second kappa shape index (κ2) is 8.62. The first-order valence-corrected chi connectivity index (χ1v) is 9.27. The Kier molecular flexibility index (Phi) is 5.99. The van der Waals surface area contributed by atoms with E-state index in [-0.39, 0.29) is 29.2 Å². The number of aryl methyl sites for hydroxylation is 1. The van der Waals surface area contributed by atoms with Gasteiger partial charge in [0.1, 0.15) is 17.6 Å². The van der Waals surface area contributed by atoms with Crippen LogP contribution in [0.25, 0.3) is 10.9 Å². The molecule has 0 fully saturated rings. The highest BCUT2D eigenvalue weighted by Crippen LogP contribution is 2.23. The first kappa shape index (κ1) is 20.2. The normalized spacial score (nSPS) is 10.9. The van der Waals surface area contributed by atoms with Gasteiger partial charge in [-0.3, -0.25) is 14.9 Å². The van der Waals surface area contributed by atoms with Gasteiger partial charge in [0.2, 0.25) is 0 Å². The Hall–Kier alpha value is -3.58. The van der Waals surface area contributed by atoms with Crippen LogP contribution in [0, 0.1) is 21.4 Å². The van der Waals surface area contributed by atoms with Crippen LogP contribution in [0.2, 0.25) is 0 Å². The van der Waals surface area contributed by atoms with Crippen molar-refractivity contribution < 1.29 is 9.66 Å². The van der Waals surface area contributed by atoms with Crippen molar-refractivity contribution in [2.75, 3.05) is 6.61 Å². The molecule has 0 spiro atoms. The van der Waals surface area contributed by atoms with Gasteiger partial charge < -0.3 is 4.74 Å². The SMILES string of the molecule is CCc1nc2ccc(Br)cc2c(=O)n1N=Cc1cc([N+](=O)[O-])ccc1OCC#N. The van der Waals surface area contributed by atoms with Gasteiger partial charge in [-0.2, -0.15) is 15.0 Å². The van der Waals surface area contributed by atoms with E-state index in [0.29, 0.717) is 23.1 Å². The molecular formula is C19H14BrN5O4. The lowest BCUT2D eigenvalue weighted by Gasteiger charge is -2.09. The molecule has 1 aromatic heterocycles. The summed E-state index contributed by atoms with van der Waals surface area (Å²) in [5, 5.41) is 24.4. The molecule has 1 heterocycles. The maximum absolute atomic E-state index is 12.9. The molecule has 9 nitrogen and oxygen atoms in total. The molecule has 0 N–H and O–H groups in total. The Bertz CT molecular complexity index is 1230. The average Bonchev–Trinajstić information content (AvgIpc) is 2.72. The molecular weight excluding hydrogens is 442 g/mol. The molecule has 3 aromatic rings. The van der Waals surface area contributed by atoms with E-state index in [1.807, 2.05) is 13.0 Å². The summed E-state index contributed by atoms with van der Waals surface area (Å²) in [5.74, 6) is 0.675. The van der Waals surface area contributed by atoms with E-state index in [9.17, 15) is 14.9 Å². The van der Waals surface area contributed by atoms with Gasteiger partial charge in [-0.15, -0.1) is 0 Å². The second-order valence-corrected chi connectivity index (χ2v) is 6.75. The third-order valence-electron chi connectivity index (χ3n) is 4.00. The number of non-ortho nitro benzene ring substituents is 1. The Morgan fingerprint density at radius 3 is 2.86 bits per heavy atom. The van der Waals surface area contributed by atoms with Crippen LogP contribution in [-0.4, -0.2) is 27.4 Å². The number of benzene rings is 2. The van der Waals surface area contributed by atoms with Crippen LogP contribution in [0.1, 0.15) is 18.3 Å². The molecule has 0 saturated carbocycles. The minimum absolute atomic E-state index is 0.167. The fourth-order valence-corrected chi connectivity index (χ4v) is 3.02. The molecule has 0 saturated heterocycles. The molecule has 0 unspecified atom stereocenters. The number of rotatable bonds is 6. The molecule has 29 heavy (non-hydrogen) atoms. The van der Waals surface area contributed by atoms with Crippen molar-refractivity contribution >= 4 is 38.7 Å². The van der Waals surface area contributed by atoms with Crippen LogP contribution >= 0.6 is 15.9 Å². The van der Waals surface area contributed by atoms with Crippen molar-refractivity contribution in [1.29, 1.82) is 5.26 Å². The minimum atomic E-state index is -0.551. The zero-order chi connectivity index (χ0) is 21.0. The van der Waals surface area contributed by atoms with Gasteiger partial charge in [0.15, 0.2) is 6.61 Å². The summed E-state index contributed by atoms with van der Waals surface area (Å²) in [4.78, 5) is 27.9. The lowest BCUT2D eigenvalue weighted by Crippen LogP contribution is -2.22. The topological polar surface area (TPSA) is 123 Å². The van der Waals surface area contributed by atoms with Crippen LogP contribution in [-0.2, 0) is 6.42 Å². The molecule has 3 rings (SSSR count). The minimum Gasteiger partial charge on any atom is -0.478 e. The largest absolute Gasteiger partial charge is 0.478 e. The van der Waals surface area contributed by atoms with E-state index in [2.05, 4.69) is 26.0 Å². The molecule has 0 aliphatic heterocycles. The molecule has 0 aliphatic rings. The van der Waals surface area contributed by atoms with E-state index in [1.165, 1.54) is 24.4 Å². The molecule has 0 aliphatic carbocycles. The van der Waals surface area contributed by atoms with Gasteiger partial charge in [-0.1, -0.05) is 22.9 Å². The number of ether oxygens (including phenoxy) is 1. The van der Waals surface area contributed by atoms with Crippen LogP contribution in [0.3, 0.4) is 0 Å². The molecule has 146 valence electrons. The Morgan fingerprint density at radius 1 is 1.38 bits per heavy atom. The fourth-order valence-electron chi connectivity index (χ4n) is 2.65. The summed E-state index contributed by atoms with van der Waals surface area (Å²) in [6.45, 7) is 1.61. The predicted molar refractivity (Wildman–Crippen MR) is 110 cm³/mol. The average molecular weight is 456 g/mol. The first-order chi connectivity index (χ1) is 13.9. The zero-order valence-electron chi connectivity index (χ0n) is 15.2. The molecule has 10 heteroatoms. The number of fused-ring (bicyclic) bond motifs is 1. The number of nitriles is 1. The Morgan fingerprint density at radius 2 is 2.17 bits per heavy atom. The monoisotopic (exact) mass is 455 g/mol. The van der Waals surface area contributed by atoms with E-state index in [4.69, 9.17) is 10.00 Å². The summed E-state index contributed by atoms with van der Waals surface area (Å²) >= 11 is 3.34. The smallest absolute Gasteiger partial charge is 0.282 e. The number of halogens is 1. The van der Waals surface area contributed by atoms with Crippen molar-refractivity contribution in [3.8, 4) is 11.8 Å². The summed E-state index contributed by atoms with van der Waals surface area (Å²) < 4.78 is 7.18. The van der Waals surface area contributed by atoms with Gasteiger partial charge in [0.05, 0.1) is 22.0 Å². The molecule has 0 amide bonds. The van der Waals surface area contributed by atoms with E-state index >= 15 is 0 Å². The molecule has 0 bridgehead atoms.